The number of carboxylic acids is 1. The van der Waals surface area contributed by atoms with E-state index in [1.165, 1.54) is 24.8 Å². The average molecular weight is 291 g/mol. The maximum atomic E-state index is 11.1. The number of carboxylic acid groups (broad SMARTS) is 1. The van der Waals surface area contributed by atoms with Gasteiger partial charge in [-0.1, -0.05) is 18.6 Å². The molecule has 1 saturated heterocycles. The van der Waals surface area contributed by atoms with E-state index in [1.54, 1.807) is 0 Å². The summed E-state index contributed by atoms with van der Waals surface area (Å²) in [5, 5.41) is 9.16. The number of piperidine rings is 1. The van der Waals surface area contributed by atoms with Crippen LogP contribution in [0.15, 0.2) is 24.3 Å². The molecule has 1 heterocycles. The van der Waals surface area contributed by atoms with Gasteiger partial charge in [0.2, 0.25) is 0 Å². The smallest absolute Gasteiger partial charge is 0.304 e. The third kappa shape index (κ3) is 5.05. The number of benzene rings is 1. The van der Waals surface area contributed by atoms with Gasteiger partial charge in [-0.25, -0.2) is 0 Å². The van der Waals surface area contributed by atoms with Gasteiger partial charge in [0, 0.05) is 6.04 Å². The van der Waals surface area contributed by atoms with Crippen molar-refractivity contribution < 1.29 is 14.6 Å². The molecule has 4 heteroatoms. The minimum Gasteiger partial charge on any atom is -0.494 e. The number of carbonyl (C=O) groups is 1. The Balaban J connectivity index is 2.01. The number of ether oxygens (including phenoxy) is 1. The Hall–Kier alpha value is -1.55. The zero-order valence-corrected chi connectivity index (χ0v) is 12.8. The Labute approximate surface area is 126 Å². The van der Waals surface area contributed by atoms with E-state index >= 15 is 0 Å². The van der Waals surface area contributed by atoms with Crippen molar-refractivity contribution in [3.8, 4) is 5.75 Å². The summed E-state index contributed by atoms with van der Waals surface area (Å²) in [7, 11) is 0. The molecule has 21 heavy (non-hydrogen) atoms. The molecule has 0 bridgehead atoms. The Morgan fingerprint density at radius 2 is 1.90 bits per heavy atom. The summed E-state index contributed by atoms with van der Waals surface area (Å²) in [5.41, 5.74) is 1.18. The Kier molecular flexibility index (Phi) is 6.05. The summed E-state index contributed by atoms with van der Waals surface area (Å²) in [6, 6.07) is 8.12. The summed E-state index contributed by atoms with van der Waals surface area (Å²) in [6.45, 7) is 4.67. The molecule has 0 saturated carbocycles. The van der Waals surface area contributed by atoms with Gasteiger partial charge in [-0.2, -0.15) is 0 Å². The minimum absolute atomic E-state index is 0.0979. The Bertz CT molecular complexity index is 438. The molecule has 1 aliphatic heterocycles. The third-order valence-corrected chi connectivity index (χ3v) is 4.02. The standard InChI is InChI=1S/C17H25NO3/c1-2-21-16-8-6-14(7-9-16)12-15(13-17(19)20)18-10-4-3-5-11-18/h6-9,15H,2-5,10-13H2,1H3,(H,19,20). The van der Waals surface area contributed by atoms with Crippen LogP contribution in [0.25, 0.3) is 0 Å². The third-order valence-electron chi connectivity index (χ3n) is 4.02. The van der Waals surface area contributed by atoms with Crippen molar-refractivity contribution in [2.45, 2.75) is 45.1 Å². The lowest BCUT2D eigenvalue weighted by Gasteiger charge is -2.34. The molecule has 1 fully saturated rings. The maximum Gasteiger partial charge on any atom is 0.304 e. The fourth-order valence-electron chi connectivity index (χ4n) is 2.98. The summed E-state index contributed by atoms with van der Waals surface area (Å²) in [5.74, 6) is 0.158. The number of aliphatic carboxylic acids is 1. The SMILES string of the molecule is CCOc1ccc(CC(CC(=O)O)N2CCCCC2)cc1. The summed E-state index contributed by atoms with van der Waals surface area (Å²) >= 11 is 0. The molecule has 0 aliphatic carbocycles. The second-order valence-corrected chi connectivity index (χ2v) is 5.63. The van der Waals surface area contributed by atoms with Crippen LogP contribution in [0.4, 0.5) is 0 Å². The van der Waals surface area contributed by atoms with Gasteiger partial charge in [0.05, 0.1) is 13.0 Å². The fourth-order valence-corrected chi connectivity index (χ4v) is 2.98. The van der Waals surface area contributed by atoms with Crippen LogP contribution in [-0.2, 0) is 11.2 Å². The molecule has 1 N–H and O–H groups in total. The molecule has 0 aromatic heterocycles. The highest BCUT2D eigenvalue weighted by Crippen LogP contribution is 2.20. The van der Waals surface area contributed by atoms with Crippen molar-refractivity contribution in [3.63, 3.8) is 0 Å². The van der Waals surface area contributed by atoms with Gasteiger partial charge in [-0.15, -0.1) is 0 Å². The van der Waals surface area contributed by atoms with E-state index in [1.807, 2.05) is 31.2 Å². The van der Waals surface area contributed by atoms with Gasteiger partial charge >= 0.3 is 5.97 Å². The molecule has 2 rings (SSSR count). The largest absolute Gasteiger partial charge is 0.494 e. The van der Waals surface area contributed by atoms with Crippen LogP contribution >= 0.6 is 0 Å². The number of hydrogen-bond donors (Lipinski definition) is 1. The van der Waals surface area contributed by atoms with Gasteiger partial charge in [-0.3, -0.25) is 9.69 Å². The van der Waals surface area contributed by atoms with Gasteiger partial charge in [0.15, 0.2) is 0 Å². The molecule has 0 radical (unpaired) electrons. The minimum atomic E-state index is -0.712. The number of nitrogens with zero attached hydrogens (tertiary/aromatic N) is 1. The van der Waals surface area contributed by atoms with Crippen LogP contribution in [0.2, 0.25) is 0 Å². The van der Waals surface area contributed by atoms with Crippen LogP contribution in [-0.4, -0.2) is 41.7 Å². The topological polar surface area (TPSA) is 49.8 Å². The molecule has 1 atom stereocenters. The van der Waals surface area contributed by atoms with E-state index in [-0.39, 0.29) is 12.5 Å². The average Bonchev–Trinajstić information content (AvgIpc) is 2.49. The van der Waals surface area contributed by atoms with Crippen molar-refractivity contribution >= 4 is 5.97 Å². The van der Waals surface area contributed by atoms with Crippen LogP contribution in [0.3, 0.4) is 0 Å². The van der Waals surface area contributed by atoms with Crippen molar-refractivity contribution in [2.75, 3.05) is 19.7 Å². The van der Waals surface area contributed by atoms with Gasteiger partial charge in [0.1, 0.15) is 5.75 Å². The Morgan fingerprint density at radius 1 is 1.24 bits per heavy atom. The molecule has 1 aromatic rings. The highest BCUT2D eigenvalue weighted by Gasteiger charge is 2.23. The molecule has 4 nitrogen and oxygen atoms in total. The predicted molar refractivity (Wildman–Crippen MR) is 82.8 cm³/mol. The van der Waals surface area contributed by atoms with Crippen molar-refractivity contribution in [3.05, 3.63) is 29.8 Å². The first-order valence-corrected chi connectivity index (χ1v) is 7.86. The second-order valence-electron chi connectivity index (χ2n) is 5.63. The highest BCUT2D eigenvalue weighted by atomic mass is 16.5. The van der Waals surface area contributed by atoms with Crippen LogP contribution in [0.1, 0.15) is 38.2 Å². The zero-order chi connectivity index (χ0) is 15.1. The molecular weight excluding hydrogens is 266 g/mol. The number of hydrogen-bond acceptors (Lipinski definition) is 3. The number of rotatable bonds is 7. The van der Waals surface area contributed by atoms with Gasteiger partial charge in [-0.05, 0) is 57.0 Å². The van der Waals surface area contributed by atoms with Crippen molar-refractivity contribution in [1.82, 2.24) is 4.90 Å². The maximum absolute atomic E-state index is 11.1. The first-order valence-electron chi connectivity index (χ1n) is 7.86. The molecule has 116 valence electrons. The molecule has 0 amide bonds. The van der Waals surface area contributed by atoms with Crippen LogP contribution in [0.5, 0.6) is 5.75 Å². The first kappa shape index (κ1) is 15.8. The van der Waals surface area contributed by atoms with Gasteiger partial charge in [0.25, 0.3) is 0 Å². The molecule has 1 unspecified atom stereocenters. The normalized spacial score (nSPS) is 17.4. The monoisotopic (exact) mass is 291 g/mol. The summed E-state index contributed by atoms with van der Waals surface area (Å²) in [6.07, 6.45) is 4.63. The lowest BCUT2D eigenvalue weighted by atomic mass is 9.99. The number of likely N-dealkylation sites (tertiary alicyclic amines) is 1. The van der Waals surface area contributed by atoms with E-state index < -0.39 is 5.97 Å². The van der Waals surface area contributed by atoms with Crippen molar-refractivity contribution in [1.29, 1.82) is 0 Å². The van der Waals surface area contributed by atoms with E-state index in [4.69, 9.17) is 9.84 Å². The van der Waals surface area contributed by atoms with E-state index in [2.05, 4.69) is 4.90 Å². The second kappa shape index (κ2) is 8.03. The van der Waals surface area contributed by atoms with Gasteiger partial charge < -0.3 is 9.84 Å². The lowest BCUT2D eigenvalue weighted by Crippen LogP contribution is -2.41. The van der Waals surface area contributed by atoms with E-state index in [9.17, 15) is 4.79 Å². The molecule has 1 aromatic carbocycles. The molecular formula is C17H25NO3. The zero-order valence-electron chi connectivity index (χ0n) is 12.8. The molecule has 1 aliphatic rings. The summed E-state index contributed by atoms with van der Waals surface area (Å²) < 4.78 is 5.44. The Morgan fingerprint density at radius 3 is 2.48 bits per heavy atom. The molecule has 0 spiro atoms. The lowest BCUT2D eigenvalue weighted by molar-refractivity contribution is -0.138. The van der Waals surface area contributed by atoms with Crippen LogP contribution < -0.4 is 4.74 Å². The van der Waals surface area contributed by atoms with E-state index in [0.29, 0.717) is 6.61 Å². The first-order chi connectivity index (χ1) is 10.2. The highest BCUT2D eigenvalue weighted by molar-refractivity contribution is 5.67. The fraction of sp³-hybridized carbons (Fsp3) is 0.588. The summed E-state index contributed by atoms with van der Waals surface area (Å²) in [4.78, 5) is 13.5. The van der Waals surface area contributed by atoms with Crippen molar-refractivity contribution in [2.24, 2.45) is 0 Å². The predicted octanol–water partition coefficient (Wildman–Crippen LogP) is 2.96. The van der Waals surface area contributed by atoms with E-state index in [0.717, 1.165) is 25.3 Å². The quantitative estimate of drug-likeness (QED) is 0.839. The van der Waals surface area contributed by atoms with Crippen LogP contribution in [0, 0.1) is 0 Å².